The van der Waals surface area contributed by atoms with E-state index < -0.39 is 0 Å². The van der Waals surface area contributed by atoms with Gasteiger partial charge in [-0.1, -0.05) is 34.1 Å². The Morgan fingerprint density at radius 3 is 3.00 bits per heavy atom. The van der Waals surface area contributed by atoms with Crippen LogP contribution in [0.25, 0.3) is 0 Å². The lowest BCUT2D eigenvalue weighted by molar-refractivity contribution is -0.131. The molecular weight excluding hydrogens is 360 g/mol. The van der Waals surface area contributed by atoms with E-state index in [1.54, 1.807) is 0 Å². The van der Waals surface area contributed by atoms with Crippen LogP contribution in [0.3, 0.4) is 0 Å². The van der Waals surface area contributed by atoms with E-state index in [1.807, 2.05) is 47.5 Å². The topological polar surface area (TPSA) is 23.6 Å². The Morgan fingerprint density at radius 2 is 2.18 bits per heavy atom. The fraction of sp³-hybridized carbons (Fsp3) is 0.353. The van der Waals surface area contributed by atoms with Crippen LogP contribution in [0.2, 0.25) is 0 Å². The van der Waals surface area contributed by atoms with Gasteiger partial charge in [0.15, 0.2) is 0 Å². The van der Waals surface area contributed by atoms with E-state index in [4.69, 9.17) is 0 Å². The van der Waals surface area contributed by atoms with Gasteiger partial charge in [0.2, 0.25) is 5.91 Å². The SMILES string of the molecule is CN(Cc1ccccc1Br)C(=O)CN1CCc2sccc2C1. The fourth-order valence-electron chi connectivity index (χ4n) is 2.72. The minimum Gasteiger partial charge on any atom is -0.340 e. The van der Waals surface area contributed by atoms with Crippen molar-refractivity contribution < 1.29 is 4.79 Å². The van der Waals surface area contributed by atoms with Crippen molar-refractivity contribution in [1.82, 2.24) is 9.80 Å². The summed E-state index contributed by atoms with van der Waals surface area (Å²) >= 11 is 5.37. The molecule has 2 aromatic rings. The summed E-state index contributed by atoms with van der Waals surface area (Å²) < 4.78 is 1.05. The van der Waals surface area contributed by atoms with E-state index in [1.165, 1.54) is 10.4 Å². The number of benzene rings is 1. The van der Waals surface area contributed by atoms with E-state index in [0.717, 1.165) is 29.5 Å². The highest BCUT2D eigenvalue weighted by Crippen LogP contribution is 2.24. The number of hydrogen-bond donors (Lipinski definition) is 0. The van der Waals surface area contributed by atoms with Crippen LogP contribution < -0.4 is 0 Å². The molecular formula is C17H19BrN2OS. The summed E-state index contributed by atoms with van der Waals surface area (Å²) in [5, 5.41) is 2.15. The van der Waals surface area contributed by atoms with Crippen LogP contribution >= 0.6 is 27.3 Å². The summed E-state index contributed by atoms with van der Waals surface area (Å²) in [4.78, 5) is 18.0. The highest BCUT2D eigenvalue weighted by molar-refractivity contribution is 9.10. The van der Waals surface area contributed by atoms with Crippen molar-refractivity contribution in [2.45, 2.75) is 19.5 Å². The molecule has 0 atom stereocenters. The second kappa shape index (κ2) is 6.94. The van der Waals surface area contributed by atoms with E-state index >= 15 is 0 Å². The summed E-state index contributed by atoms with van der Waals surface area (Å²) in [5.74, 6) is 0.175. The van der Waals surface area contributed by atoms with Crippen LogP contribution in [-0.2, 0) is 24.3 Å². The molecule has 0 radical (unpaired) electrons. The zero-order valence-corrected chi connectivity index (χ0v) is 15.0. The van der Waals surface area contributed by atoms with Crippen LogP contribution in [0.15, 0.2) is 40.2 Å². The monoisotopic (exact) mass is 378 g/mol. The first-order valence-corrected chi connectivity index (χ1v) is 9.05. The number of hydrogen-bond acceptors (Lipinski definition) is 3. The number of nitrogens with zero attached hydrogens (tertiary/aromatic N) is 2. The largest absolute Gasteiger partial charge is 0.340 e. The van der Waals surface area contributed by atoms with Gasteiger partial charge >= 0.3 is 0 Å². The lowest BCUT2D eigenvalue weighted by atomic mass is 10.1. The van der Waals surface area contributed by atoms with Gasteiger partial charge in [-0.25, -0.2) is 0 Å². The predicted molar refractivity (Wildman–Crippen MR) is 93.9 cm³/mol. The van der Waals surface area contributed by atoms with Gasteiger partial charge in [-0.05, 0) is 35.1 Å². The second-order valence-electron chi connectivity index (χ2n) is 5.67. The highest BCUT2D eigenvalue weighted by atomic mass is 79.9. The van der Waals surface area contributed by atoms with Crippen molar-refractivity contribution >= 4 is 33.2 Å². The Balaban J connectivity index is 1.57. The highest BCUT2D eigenvalue weighted by Gasteiger charge is 2.21. The van der Waals surface area contributed by atoms with Crippen molar-refractivity contribution in [2.24, 2.45) is 0 Å². The van der Waals surface area contributed by atoms with Crippen molar-refractivity contribution in [2.75, 3.05) is 20.1 Å². The lowest BCUT2D eigenvalue weighted by Crippen LogP contribution is -2.40. The Morgan fingerprint density at radius 1 is 1.36 bits per heavy atom. The minimum absolute atomic E-state index is 0.175. The van der Waals surface area contributed by atoms with Gasteiger partial charge in [-0.15, -0.1) is 11.3 Å². The van der Waals surface area contributed by atoms with Crippen molar-refractivity contribution in [3.63, 3.8) is 0 Å². The molecule has 0 spiro atoms. The molecule has 1 aliphatic heterocycles. The Labute approximate surface area is 143 Å². The lowest BCUT2D eigenvalue weighted by Gasteiger charge is -2.28. The maximum Gasteiger partial charge on any atom is 0.236 e. The molecule has 0 unspecified atom stereocenters. The first-order valence-electron chi connectivity index (χ1n) is 7.38. The van der Waals surface area contributed by atoms with E-state index in [-0.39, 0.29) is 5.91 Å². The zero-order valence-electron chi connectivity index (χ0n) is 12.6. The van der Waals surface area contributed by atoms with Gasteiger partial charge in [0.25, 0.3) is 0 Å². The number of rotatable bonds is 4. The van der Waals surface area contributed by atoms with Crippen LogP contribution in [0.5, 0.6) is 0 Å². The predicted octanol–water partition coefficient (Wildman–Crippen LogP) is 3.53. The molecule has 1 aromatic carbocycles. The van der Waals surface area contributed by atoms with Crippen LogP contribution in [-0.4, -0.2) is 35.8 Å². The van der Waals surface area contributed by atoms with E-state index in [9.17, 15) is 4.79 Å². The third-order valence-electron chi connectivity index (χ3n) is 4.04. The van der Waals surface area contributed by atoms with E-state index in [2.05, 4.69) is 32.3 Å². The molecule has 3 nitrogen and oxygen atoms in total. The molecule has 0 saturated carbocycles. The molecule has 2 heterocycles. The second-order valence-corrected chi connectivity index (χ2v) is 7.53. The third-order valence-corrected chi connectivity index (χ3v) is 5.83. The molecule has 116 valence electrons. The Bertz CT molecular complexity index is 670. The number of halogens is 1. The minimum atomic E-state index is 0.175. The summed E-state index contributed by atoms with van der Waals surface area (Å²) in [7, 11) is 1.88. The first kappa shape index (κ1) is 15.7. The van der Waals surface area contributed by atoms with Gasteiger partial charge in [0.1, 0.15) is 0 Å². The molecule has 0 fully saturated rings. The summed E-state index contributed by atoms with van der Waals surface area (Å²) in [5.41, 5.74) is 2.52. The number of likely N-dealkylation sites (N-methyl/N-ethyl adjacent to an activating group) is 1. The molecule has 0 N–H and O–H groups in total. The fourth-order valence-corrected chi connectivity index (χ4v) is 4.02. The average Bonchev–Trinajstić information content (AvgIpc) is 2.97. The van der Waals surface area contributed by atoms with Gasteiger partial charge in [-0.2, -0.15) is 0 Å². The Hall–Kier alpha value is -1.17. The number of thiophene rings is 1. The molecule has 3 rings (SSSR count). The van der Waals surface area contributed by atoms with E-state index in [0.29, 0.717) is 13.1 Å². The summed E-state index contributed by atoms with van der Waals surface area (Å²) in [6, 6.07) is 10.2. The zero-order chi connectivity index (χ0) is 15.5. The molecule has 0 aliphatic carbocycles. The van der Waals surface area contributed by atoms with Gasteiger partial charge in [0.05, 0.1) is 6.54 Å². The van der Waals surface area contributed by atoms with Crippen molar-refractivity contribution in [1.29, 1.82) is 0 Å². The average molecular weight is 379 g/mol. The number of carbonyl (C=O) groups excluding carboxylic acids is 1. The van der Waals surface area contributed by atoms with Gasteiger partial charge in [0, 0.05) is 36.0 Å². The van der Waals surface area contributed by atoms with Gasteiger partial charge in [-0.3, -0.25) is 9.69 Å². The summed E-state index contributed by atoms with van der Waals surface area (Å²) in [6.07, 6.45) is 1.06. The number of fused-ring (bicyclic) bond motifs is 1. The smallest absolute Gasteiger partial charge is 0.236 e. The van der Waals surface area contributed by atoms with Crippen LogP contribution in [0, 0.1) is 0 Å². The van der Waals surface area contributed by atoms with Crippen LogP contribution in [0.1, 0.15) is 16.0 Å². The maximum absolute atomic E-state index is 12.4. The molecule has 0 bridgehead atoms. The molecule has 1 aliphatic rings. The normalized spacial score (nSPS) is 14.6. The molecule has 22 heavy (non-hydrogen) atoms. The van der Waals surface area contributed by atoms with Crippen molar-refractivity contribution in [3.8, 4) is 0 Å². The van der Waals surface area contributed by atoms with Crippen molar-refractivity contribution in [3.05, 3.63) is 56.2 Å². The number of carbonyl (C=O) groups is 1. The number of amides is 1. The quantitative estimate of drug-likeness (QED) is 0.812. The van der Waals surface area contributed by atoms with Gasteiger partial charge < -0.3 is 4.90 Å². The third kappa shape index (κ3) is 3.59. The maximum atomic E-state index is 12.4. The molecule has 1 aromatic heterocycles. The summed E-state index contributed by atoms with van der Waals surface area (Å²) in [6.45, 7) is 3.00. The standard InChI is InChI=1S/C17H19BrN2OS/c1-19(10-13-4-2-3-5-15(13)18)17(21)12-20-8-6-16-14(11-20)7-9-22-16/h2-5,7,9H,6,8,10-12H2,1H3. The molecule has 5 heteroatoms. The molecule has 0 saturated heterocycles. The molecule has 1 amide bonds. The van der Waals surface area contributed by atoms with Crippen LogP contribution in [0.4, 0.5) is 0 Å². The first-order chi connectivity index (χ1) is 10.6. The Kier molecular flexibility index (Phi) is 4.96.